The second-order valence-corrected chi connectivity index (χ2v) is 8.54. The summed E-state index contributed by atoms with van der Waals surface area (Å²) in [4.78, 5) is 1.88. The molecule has 0 fully saturated rings. The number of aryl methyl sites for hydroxylation is 1. The monoisotopic (exact) mass is 338 g/mol. The molecule has 0 bridgehead atoms. The molecule has 3 heteroatoms. The Kier molecular flexibility index (Phi) is 4.24. The van der Waals surface area contributed by atoms with Crippen LogP contribution >= 0.6 is 43.2 Å². The van der Waals surface area contributed by atoms with Gasteiger partial charge < -0.3 is 0 Å². The molecule has 0 saturated heterocycles. The molecule has 0 aliphatic rings. The van der Waals surface area contributed by atoms with Gasteiger partial charge in [-0.2, -0.15) is 0 Å². The van der Waals surface area contributed by atoms with Crippen LogP contribution in [0.4, 0.5) is 0 Å². The van der Waals surface area contributed by atoms with E-state index in [1.54, 1.807) is 0 Å². The minimum absolute atomic E-state index is 0.370. The highest BCUT2D eigenvalue weighted by Crippen LogP contribution is 2.40. The van der Waals surface area contributed by atoms with E-state index in [0.29, 0.717) is 10.2 Å². The molecule has 1 aromatic heterocycles. The lowest BCUT2D eigenvalue weighted by Gasteiger charge is -2.22. The van der Waals surface area contributed by atoms with Gasteiger partial charge in [-0.15, -0.1) is 11.3 Å². The van der Waals surface area contributed by atoms with E-state index in [2.05, 4.69) is 65.6 Å². The highest BCUT2D eigenvalue weighted by Gasteiger charge is 2.20. The first-order valence-corrected chi connectivity index (χ1v) is 7.22. The number of halogens is 2. The molecule has 1 aromatic rings. The standard InChI is InChI=1S/C11H16Br2S/c1-7-8(5-10(13)14-7)9(12)6-11(2,3)4/h5,9H,6H2,1-4H3. The van der Waals surface area contributed by atoms with Gasteiger partial charge in [0.15, 0.2) is 0 Å². The number of thiophene rings is 1. The summed E-state index contributed by atoms with van der Waals surface area (Å²) < 4.78 is 1.23. The van der Waals surface area contributed by atoms with Crippen LogP contribution in [-0.2, 0) is 0 Å². The maximum atomic E-state index is 3.77. The molecule has 1 heterocycles. The number of hydrogen-bond acceptors (Lipinski definition) is 1. The third-order valence-electron chi connectivity index (χ3n) is 2.06. The Morgan fingerprint density at radius 2 is 2.00 bits per heavy atom. The zero-order chi connectivity index (χ0) is 10.9. The molecule has 1 unspecified atom stereocenters. The first-order valence-electron chi connectivity index (χ1n) is 4.69. The molecular formula is C11H16Br2S. The second kappa shape index (κ2) is 4.67. The maximum Gasteiger partial charge on any atom is 0.0704 e. The molecule has 0 saturated carbocycles. The van der Waals surface area contributed by atoms with Crippen molar-refractivity contribution in [3.63, 3.8) is 0 Å². The summed E-state index contributed by atoms with van der Waals surface area (Å²) in [6, 6.07) is 2.23. The molecule has 80 valence electrons. The Hall–Kier alpha value is 0.660. The van der Waals surface area contributed by atoms with Crippen molar-refractivity contribution in [2.45, 2.75) is 38.9 Å². The average Bonchev–Trinajstić information content (AvgIpc) is 2.26. The van der Waals surface area contributed by atoms with Gasteiger partial charge in [-0.1, -0.05) is 36.7 Å². The van der Waals surface area contributed by atoms with Crippen molar-refractivity contribution in [2.75, 3.05) is 0 Å². The van der Waals surface area contributed by atoms with E-state index in [1.807, 2.05) is 11.3 Å². The first-order chi connectivity index (χ1) is 6.29. The fraction of sp³-hybridized carbons (Fsp3) is 0.636. The first kappa shape index (κ1) is 12.7. The molecule has 0 aromatic carbocycles. The van der Waals surface area contributed by atoms with Crippen LogP contribution in [0.25, 0.3) is 0 Å². The predicted octanol–water partition coefficient (Wildman–Crippen LogP) is 5.69. The van der Waals surface area contributed by atoms with Gasteiger partial charge in [-0.05, 0) is 46.3 Å². The van der Waals surface area contributed by atoms with E-state index in [4.69, 9.17) is 0 Å². The summed E-state index contributed by atoms with van der Waals surface area (Å²) in [5.41, 5.74) is 1.80. The largest absolute Gasteiger partial charge is 0.133 e. The van der Waals surface area contributed by atoms with Crippen LogP contribution in [0.5, 0.6) is 0 Å². The van der Waals surface area contributed by atoms with Crippen molar-refractivity contribution >= 4 is 43.2 Å². The van der Waals surface area contributed by atoms with Crippen molar-refractivity contribution in [3.8, 4) is 0 Å². The van der Waals surface area contributed by atoms with E-state index < -0.39 is 0 Å². The molecule has 0 aliphatic carbocycles. The van der Waals surface area contributed by atoms with E-state index >= 15 is 0 Å². The Morgan fingerprint density at radius 1 is 1.43 bits per heavy atom. The van der Waals surface area contributed by atoms with Gasteiger partial charge in [-0.25, -0.2) is 0 Å². The lowest BCUT2D eigenvalue weighted by Crippen LogP contribution is -2.08. The summed E-state index contributed by atoms with van der Waals surface area (Å²) in [7, 11) is 0. The minimum Gasteiger partial charge on any atom is -0.133 e. The predicted molar refractivity (Wildman–Crippen MR) is 72.5 cm³/mol. The summed E-state index contributed by atoms with van der Waals surface area (Å²) in [6.07, 6.45) is 1.16. The van der Waals surface area contributed by atoms with Crippen molar-refractivity contribution in [1.29, 1.82) is 0 Å². The van der Waals surface area contributed by atoms with Gasteiger partial charge in [0.2, 0.25) is 0 Å². The molecule has 0 N–H and O–H groups in total. The van der Waals surface area contributed by atoms with Crippen LogP contribution in [0.15, 0.2) is 9.85 Å². The van der Waals surface area contributed by atoms with Gasteiger partial charge in [-0.3, -0.25) is 0 Å². The van der Waals surface area contributed by atoms with E-state index in [0.717, 1.165) is 6.42 Å². The normalized spacial score (nSPS) is 14.4. The Balaban J connectivity index is 2.79. The van der Waals surface area contributed by atoms with Gasteiger partial charge in [0, 0.05) is 9.70 Å². The van der Waals surface area contributed by atoms with Crippen LogP contribution in [0, 0.1) is 12.3 Å². The molecule has 14 heavy (non-hydrogen) atoms. The number of alkyl halides is 1. The fourth-order valence-electron chi connectivity index (χ4n) is 1.42. The summed E-state index contributed by atoms with van der Waals surface area (Å²) >= 11 is 9.11. The zero-order valence-electron chi connectivity index (χ0n) is 9.03. The summed E-state index contributed by atoms with van der Waals surface area (Å²) in [5, 5.41) is 0. The third-order valence-corrected chi connectivity index (χ3v) is 4.44. The average molecular weight is 340 g/mol. The van der Waals surface area contributed by atoms with E-state index in [9.17, 15) is 0 Å². The maximum absolute atomic E-state index is 3.77. The Bertz CT molecular complexity index is 310. The van der Waals surface area contributed by atoms with Crippen molar-refractivity contribution in [1.82, 2.24) is 0 Å². The van der Waals surface area contributed by atoms with E-state index in [1.165, 1.54) is 14.2 Å². The Labute approximate surface area is 107 Å². The van der Waals surface area contributed by atoms with Crippen LogP contribution in [0.1, 0.15) is 42.5 Å². The summed E-state index contributed by atoms with van der Waals surface area (Å²) in [5.74, 6) is 0. The highest BCUT2D eigenvalue weighted by molar-refractivity contribution is 9.11. The summed E-state index contributed by atoms with van der Waals surface area (Å²) in [6.45, 7) is 9.01. The van der Waals surface area contributed by atoms with Crippen molar-refractivity contribution < 1.29 is 0 Å². The third kappa shape index (κ3) is 3.67. The molecule has 0 aliphatic heterocycles. The van der Waals surface area contributed by atoms with Crippen molar-refractivity contribution in [2.24, 2.45) is 5.41 Å². The quantitative estimate of drug-likeness (QED) is 0.607. The minimum atomic E-state index is 0.370. The fourth-order valence-corrected chi connectivity index (χ4v) is 4.79. The molecule has 0 amide bonds. The van der Waals surface area contributed by atoms with E-state index in [-0.39, 0.29) is 0 Å². The van der Waals surface area contributed by atoms with Gasteiger partial charge in [0.05, 0.1) is 3.79 Å². The molecule has 0 spiro atoms. The van der Waals surface area contributed by atoms with Crippen LogP contribution in [-0.4, -0.2) is 0 Å². The van der Waals surface area contributed by atoms with Crippen LogP contribution in [0.2, 0.25) is 0 Å². The highest BCUT2D eigenvalue weighted by atomic mass is 79.9. The number of rotatable bonds is 2. The molecular weight excluding hydrogens is 324 g/mol. The molecule has 0 nitrogen and oxygen atoms in total. The lowest BCUT2D eigenvalue weighted by atomic mass is 9.89. The van der Waals surface area contributed by atoms with Crippen LogP contribution in [0.3, 0.4) is 0 Å². The van der Waals surface area contributed by atoms with Crippen molar-refractivity contribution in [3.05, 3.63) is 20.3 Å². The molecule has 1 atom stereocenters. The lowest BCUT2D eigenvalue weighted by molar-refractivity contribution is 0.377. The topological polar surface area (TPSA) is 0 Å². The SMILES string of the molecule is Cc1sc(Br)cc1C(Br)CC(C)(C)C. The van der Waals surface area contributed by atoms with Gasteiger partial charge in [0.25, 0.3) is 0 Å². The molecule has 1 rings (SSSR count). The van der Waals surface area contributed by atoms with Gasteiger partial charge in [0.1, 0.15) is 0 Å². The Morgan fingerprint density at radius 3 is 2.36 bits per heavy atom. The van der Waals surface area contributed by atoms with Gasteiger partial charge >= 0.3 is 0 Å². The smallest absolute Gasteiger partial charge is 0.0704 e. The second-order valence-electron chi connectivity index (χ2n) is 4.79. The van der Waals surface area contributed by atoms with Crippen LogP contribution < -0.4 is 0 Å². The number of hydrogen-bond donors (Lipinski definition) is 0. The zero-order valence-corrected chi connectivity index (χ0v) is 13.0. The molecule has 0 radical (unpaired) electrons.